The fourth-order valence-electron chi connectivity index (χ4n) is 2.37. The van der Waals surface area contributed by atoms with E-state index in [9.17, 15) is 4.39 Å². The number of aromatic nitrogens is 1. The van der Waals surface area contributed by atoms with Crippen molar-refractivity contribution in [3.8, 4) is 5.75 Å². The largest absolute Gasteiger partial charge is 0.481 e. The van der Waals surface area contributed by atoms with Crippen LogP contribution >= 0.6 is 22.9 Å². The maximum atomic E-state index is 13.1. The molecule has 0 spiro atoms. The van der Waals surface area contributed by atoms with Crippen molar-refractivity contribution in [1.82, 2.24) is 10.3 Å². The van der Waals surface area contributed by atoms with Crippen LogP contribution in [0.5, 0.6) is 5.75 Å². The summed E-state index contributed by atoms with van der Waals surface area (Å²) < 4.78 is 19.1. The van der Waals surface area contributed by atoms with Gasteiger partial charge in [-0.25, -0.2) is 9.37 Å². The first-order valence-electron chi connectivity index (χ1n) is 6.46. The zero-order valence-corrected chi connectivity index (χ0v) is 12.3. The average molecular weight is 313 g/mol. The summed E-state index contributed by atoms with van der Waals surface area (Å²) >= 11 is 7.61. The first-order valence-corrected chi connectivity index (χ1v) is 7.71. The molecule has 1 saturated heterocycles. The summed E-state index contributed by atoms with van der Waals surface area (Å²) in [4.78, 5) is 4.35. The van der Waals surface area contributed by atoms with E-state index in [2.05, 4.69) is 10.3 Å². The third-order valence-corrected chi connectivity index (χ3v) is 4.50. The van der Waals surface area contributed by atoms with Crippen LogP contribution in [0.3, 0.4) is 0 Å². The number of halogens is 2. The topological polar surface area (TPSA) is 34.1 Å². The highest BCUT2D eigenvalue weighted by Gasteiger charge is 2.30. The molecule has 0 saturated carbocycles. The Morgan fingerprint density at radius 2 is 2.40 bits per heavy atom. The van der Waals surface area contributed by atoms with Crippen molar-refractivity contribution >= 4 is 22.9 Å². The fraction of sp³-hybridized carbons (Fsp3) is 0.357. The van der Waals surface area contributed by atoms with Crippen LogP contribution in [0.2, 0.25) is 5.02 Å². The van der Waals surface area contributed by atoms with E-state index in [4.69, 9.17) is 16.3 Å². The van der Waals surface area contributed by atoms with Gasteiger partial charge in [0.1, 0.15) is 16.6 Å². The Labute approximate surface area is 125 Å². The van der Waals surface area contributed by atoms with Gasteiger partial charge in [-0.3, -0.25) is 0 Å². The Morgan fingerprint density at radius 3 is 3.05 bits per heavy atom. The fourth-order valence-corrected chi connectivity index (χ4v) is 3.34. The zero-order valence-electron chi connectivity index (χ0n) is 10.7. The highest BCUT2D eigenvalue weighted by molar-refractivity contribution is 7.09. The standard InChI is InChI=1S/C14H14ClFN2OS/c15-11-7-10(16)1-2-12(11)19-13(9-3-4-17-8-9)14-18-5-6-20-14/h1-2,5-7,9,13,17H,3-4,8H2/t9-,13-/m0/s1. The number of ether oxygens (including phenoxy) is 1. The molecule has 2 heterocycles. The molecule has 3 rings (SSSR count). The number of hydrogen-bond donors (Lipinski definition) is 1. The first kappa shape index (κ1) is 13.8. The van der Waals surface area contributed by atoms with Crippen LogP contribution in [0.4, 0.5) is 4.39 Å². The lowest BCUT2D eigenvalue weighted by molar-refractivity contribution is 0.144. The number of nitrogens with one attached hydrogen (secondary N) is 1. The molecule has 106 valence electrons. The lowest BCUT2D eigenvalue weighted by Crippen LogP contribution is -2.21. The average Bonchev–Trinajstić information content (AvgIpc) is 3.11. The van der Waals surface area contributed by atoms with Crippen LogP contribution in [0.15, 0.2) is 29.8 Å². The van der Waals surface area contributed by atoms with Gasteiger partial charge in [0.2, 0.25) is 0 Å². The number of benzene rings is 1. The van der Waals surface area contributed by atoms with Gasteiger partial charge in [-0.1, -0.05) is 11.6 Å². The van der Waals surface area contributed by atoms with E-state index < -0.39 is 0 Å². The smallest absolute Gasteiger partial charge is 0.154 e. The molecule has 0 bridgehead atoms. The molecule has 1 aromatic carbocycles. The van der Waals surface area contributed by atoms with Crippen LogP contribution in [-0.4, -0.2) is 18.1 Å². The first-order chi connectivity index (χ1) is 9.74. The second kappa shape index (κ2) is 6.08. The second-order valence-corrected chi connectivity index (χ2v) is 6.07. The van der Waals surface area contributed by atoms with E-state index >= 15 is 0 Å². The van der Waals surface area contributed by atoms with Crippen molar-refractivity contribution in [3.05, 3.63) is 45.6 Å². The molecule has 0 unspecified atom stereocenters. The highest BCUT2D eigenvalue weighted by Crippen LogP contribution is 2.36. The van der Waals surface area contributed by atoms with Gasteiger partial charge in [-0.05, 0) is 31.2 Å². The van der Waals surface area contributed by atoms with Crippen LogP contribution in [0, 0.1) is 11.7 Å². The normalized spacial score (nSPS) is 20.0. The molecular weight excluding hydrogens is 299 g/mol. The van der Waals surface area contributed by atoms with Gasteiger partial charge in [-0.2, -0.15) is 0 Å². The second-order valence-electron chi connectivity index (χ2n) is 4.74. The molecule has 20 heavy (non-hydrogen) atoms. The van der Waals surface area contributed by atoms with Crippen molar-refractivity contribution in [2.45, 2.75) is 12.5 Å². The summed E-state index contributed by atoms with van der Waals surface area (Å²) in [5.74, 6) is 0.484. The summed E-state index contributed by atoms with van der Waals surface area (Å²) in [7, 11) is 0. The van der Waals surface area contributed by atoms with Crippen LogP contribution < -0.4 is 10.1 Å². The molecule has 6 heteroatoms. The van der Waals surface area contributed by atoms with E-state index in [-0.39, 0.29) is 16.9 Å². The van der Waals surface area contributed by atoms with Gasteiger partial charge in [0.05, 0.1) is 5.02 Å². The Bertz CT molecular complexity index is 573. The monoisotopic (exact) mass is 312 g/mol. The molecule has 0 amide bonds. The predicted molar refractivity (Wildman–Crippen MR) is 77.9 cm³/mol. The van der Waals surface area contributed by atoms with Gasteiger partial charge >= 0.3 is 0 Å². The number of nitrogens with zero attached hydrogens (tertiary/aromatic N) is 1. The Morgan fingerprint density at radius 1 is 1.50 bits per heavy atom. The van der Waals surface area contributed by atoms with Gasteiger partial charge in [0.25, 0.3) is 0 Å². The maximum Gasteiger partial charge on any atom is 0.154 e. The number of hydrogen-bond acceptors (Lipinski definition) is 4. The van der Waals surface area contributed by atoms with Crippen molar-refractivity contribution < 1.29 is 9.13 Å². The molecular formula is C14H14ClFN2OS. The van der Waals surface area contributed by atoms with E-state index in [1.165, 1.54) is 12.1 Å². The number of thiazole rings is 1. The third kappa shape index (κ3) is 2.95. The molecule has 2 aromatic rings. The Hall–Kier alpha value is -1.17. The summed E-state index contributed by atoms with van der Waals surface area (Å²) in [6.45, 7) is 1.87. The Balaban J connectivity index is 1.86. The molecule has 2 atom stereocenters. The number of rotatable bonds is 4. The predicted octanol–water partition coefficient (Wildman–Crippen LogP) is 3.67. The molecule has 0 aliphatic carbocycles. The minimum atomic E-state index is -0.365. The van der Waals surface area contributed by atoms with Gasteiger partial charge in [-0.15, -0.1) is 11.3 Å². The van der Waals surface area contributed by atoms with Gasteiger partial charge in [0.15, 0.2) is 6.10 Å². The van der Waals surface area contributed by atoms with Crippen LogP contribution in [0.25, 0.3) is 0 Å². The summed E-state index contributed by atoms with van der Waals surface area (Å²) in [5.41, 5.74) is 0. The SMILES string of the molecule is Fc1ccc(O[C@H](c2nccs2)[C@H]2CCNC2)c(Cl)c1. The van der Waals surface area contributed by atoms with E-state index in [0.29, 0.717) is 11.7 Å². The van der Waals surface area contributed by atoms with Gasteiger partial charge in [0, 0.05) is 24.0 Å². The minimum absolute atomic E-state index is 0.145. The molecule has 0 radical (unpaired) electrons. The summed E-state index contributed by atoms with van der Waals surface area (Å²) in [6.07, 6.45) is 2.65. The molecule has 1 aliphatic heterocycles. The lowest BCUT2D eigenvalue weighted by Gasteiger charge is -2.23. The lowest BCUT2D eigenvalue weighted by atomic mass is 10.0. The third-order valence-electron chi connectivity index (χ3n) is 3.37. The van der Waals surface area contributed by atoms with Crippen molar-refractivity contribution in [3.63, 3.8) is 0 Å². The maximum absolute atomic E-state index is 13.1. The van der Waals surface area contributed by atoms with Crippen molar-refractivity contribution in [1.29, 1.82) is 0 Å². The van der Waals surface area contributed by atoms with E-state index in [1.807, 2.05) is 5.38 Å². The van der Waals surface area contributed by atoms with Crippen LogP contribution in [0.1, 0.15) is 17.5 Å². The van der Waals surface area contributed by atoms with E-state index in [0.717, 1.165) is 24.5 Å². The zero-order chi connectivity index (χ0) is 13.9. The summed E-state index contributed by atoms with van der Waals surface area (Å²) in [6, 6.07) is 4.19. The molecule has 3 nitrogen and oxygen atoms in total. The van der Waals surface area contributed by atoms with Crippen molar-refractivity contribution in [2.75, 3.05) is 13.1 Å². The molecule has 1 aromatic heterocycles. The summed E-state index contributed by atoms with van der Waals surface area (Å²) in [5, 5.41) is 6.48. The van der Waals surface area contributed by atoms with Crippen molar-refractivity contribution in [2.24, 2.45) is 5.92 Å². The quantitative estimate of drug-likeness (QED) is 0.935. The highest BCUT2D eigenvalue weighted by atomic mass is 35.5. The van der Waals surface area contributed by atoms with E-state index in [1.54, 1.807) is 23.6 Å². The Kier molecular flexibility index (Phi) is 4.19. The van der Waals surface area contributed by atoms with Crippen LogP contribution in [-0.2, 0) is 0 Å². The molecule has 1 N–H and O–H groups in total. The van der Waals surface area contributed by atoms with Gasteiger partial charge < -0.3 is 10.1 Å². The minimum Gasteiger partial charge on any atom is -0.481 e. The molecule has 1 fully saturated rings. The molecule has 1 aliphatic rings.